The molecule has 0 aliphatic carbocycles. The molecule has 0 bridgehead atoms. The lowest BCUT2D eigenvalue weighted by atomic mass is 10.1. The van der Waals surface area contributed by atoms with Crippen molar-refractivity contribution in [2.75, 3.05) is 12.3 Å². The minimum absolute atomic E-state index is 0.134. The van der Waals surface area contributed by atoms with Gasteiger partial charge in [0, 0.05) is 23.6 Å². The Balaban J connectivity index is 1.51. The summed E-state index contributed by atoms with van der Waals surface area (Å²) >= 11 is 1.76. The van der Waals surface area contributed by atoms with Crippen LogP contribution in [-0.4, -0.2) is 26.6 Å². The second-order valence-electron chi connectivity index (χ2n) is 6.57. The van der Waals surface area contributed by atoms with Crippen molar-refractivity contribution in [3.8, 4) is 0 Å². The smallest absolute Gasteiger partial charge is 0.251 e. The SMILES string of the molecule is O=C(NCCSCc1ccccc1)c1cccc(CS(=O)(=O)c2ccccc2)c1. The van der Waals surface area contributed by atoms with Crippen LogP contribution in [0.5, 0.6) is 0 Å². The molecular weight excluding hydrogens is 402 g/mol. The predicted octanol–water partition coefficient (Wildman–Crippen LogP) is 4.32. The van der Waals surface area contributed by atoms with Crippen molar-refractivity contribution in [2.24, 2.45) is 0 Å². The fraction of sp³-hybridized carbons (Fsp3) is 0.174. The van der Waals surface area contributed by atoms with Crippen molar-refractivity contribution < 1.29 is 13.2 Å². The van der Waals surface area contributed by atoms with Crippen molar-refractivity contribution in [3.63, 3.8) is 0 Å². The largest absolute Gasteiger partial charge is 0.351 e. The highest BCUT2D eigenvalue weighted by atomic mass is 32.2. The van der Waals surface area contributed by atoms with Crippen LogP contribution >= 0.6 is 11.8 Å². The van der Waals surface area contributed by atoms with E-state index in [1.807, 2.05) is 18.2 Å². The van der Waals surface area contributed by atoms with Gasteiger partial charge in [0.2, 0.25) is 0 Å². The quantitative estimate of drug-likeness (QED) is 0.519. The van der Waals surface area contributed by atoms with E-state index in [0.29, 0.717) is 17.7 Å². The van der Waals surface area contributed by atoms with Gasteiger partial charge in [-0.25, -0.2) is 8.42 Å². The lowest BCUT2D eigenvalue weighted by Gasteiger charge is -2.08. The minimum Gasteiger partial charge on any atom is -0.351 e. The van der Waals surface area contributed by atoms with E-state index in [-0.39, 0.29) is 16.6 Å². The number of benzene rings is 3. The predicted molar refractivity (Wildman–Crippen MR) is 119 cm³/mol. The first-order chi connectivity index (χ1) is 14.0. The Morgan fingerprint density at radius 1 is 0.828 bits per heavy atom. The summed E-state index contributed by atoms with van der Waals surface area (Å²) in [5, 5.41) is 2.90. The van der Waals surface area contributed by atoms with Gasteiger partial charge >= 0.3 is 0 Å². The molecule has 0 aromatic heterocycles. The Morgan fingerprint density at radius 3 is 2.21 bits per heavy atom. The number of hydrogen-bond donors (Lipinski definition) is 1. The van der Waals surface area contributed by atoms with E-state index in [4.69, 9.17) is 0 Å². The first-order valence-electron chi connectivity index (χ1n) is 9.31. The van der Waals surface area contributed by atoms with Gasteiger partial charge in [0.1, 0.15) is 0 Å². The number of thioether (sulfide) groups is 1. The average Bonchev–Trinajstić information content (AvgIpc) is 2.74. The van der Waals surface area contributed by atoms with Crippen LogP contribution in [0.4, 0.5) is 0 Å². The van der Waals surface area contributed by atoms with Gasteiger partial charge in [-0.15, -0.1) is 0 Å². The van der Waals surface area contributed by atoms with Gasteiger partial charge in [-0.2, -0.15) is 11.8 Å². The highest BCUT2D eigenvalue weighted by molar-refractivity contribution is 7.98. The summed E-state index contributed by atoms with van der Waals surface area (Å²) in [5.74, 6) is 1.39. The zero-order valence-corrected chi connectivity index (χ0v) is 17.6. The van der Waals surface area contributed by atoms with Crippen LogP contribution < -0.4 is 5.32 Å². The fourth-order valence-electron chi connectivity index (χ4n) is 2.84. The summed E-state index contributed by atoms with van der Waals surface area (Å²) in [5.41, 5.74) is 2.33. The van der Waals surface area contributed by atoms with E-state index in [0.717, 1.165) is 11.5 Å². The van der Waals surface area contributed by atoms with Crippen molar-refractivity contribution in [3.05, 3.63) is 102 Å². The number of sulfone groups is 1. The molecule has 150 valence electrons. The highest BCUT2D eigenvalue weighted by Gasteiger charge is 2.16. The zero-order valence-electron chi connectivity index (χ0n) is 16.0. The van der Waals surface area contributed by atoms with Crippen molar-refractivity contribution in [1.29, 1.82) is 0 Å². The van der Waals surface area contributed by atoms with Crippen LogP contribution in [-0.2, 0) is 21.3 Å². The Kier molecular flexibility index (Phi) is 7.49. The van der Waals surface area contributed by atoms with Crippen LogP contribution in [0.1, 0.15) is 21.5 Å². The second kappa shape index (κ2) is 10.3. The van der Waals surface area contributed by atoms with Crippen LogP contribution in [0.2, 0.25) is 0 Å². The molecule has 0 aliphatic rings. The summed E-state index contributed by atoms with van der Waals surface area (Å²) < 4.78 is 25.1. The molecule has 3 aromatic carbocycles. The fourth-order valence-corrected chi connectivity index (χ4v) is 5.01. The lowest BCUT2D eigenvalue weighted by Crippen LogP contribution is -2.25. The molecule has 1 amide bonds. The topological polar surface area (TPSA) is 63.2 Å². The molecule has 0 aliphatic heterocycles. The molecule has 0 fully saturated rings. The maximum absolute atomic E-state index is 12.5. The molecular formula is C23H23NO3S2. The third-order valence-electron chi connectivity index (χ3n) is 4.29. The van der Waals surface area contributed by atoms with E-state index in [9.17, 15) is 13.2 Å². The first-order valence-corrected chi connectivity index (χ1v) is 12.1. The van der Waals surface area contributed by atoms with E-state index < -0.39 is 9.84 Å². The van der Waals surface area contributed by atoms with E-state index in [2.05, 4.69) is 17.4 Å². The summed E-state index contributed by atoms with van der Waals surface area (Å²) in [7, 11) is -3.44. The van der Waals surface area contributed by atoms with Gasteiger partial charge < -0.3 is 5.32 Å². The van der Waals surface area contributed by atoms with Gasteiger partial charge in [-0.1, -0.05) is 60.7 Å². The van der Waals surface area contributed by atoms with Gasteiger partial charge in [0.05, 0.1) is 10.6 Å². The summed E-state index contributed by atoms with van der Waals surface area (Å²) in [4.78, 5) is 12.7. The molecule has 0 saturated carbocycles. The Hall–Kier alpha value is -2.57. The highest BCUT2D eigenvalue weighted by Crippen LogP contribution is 2.17. The molecule has 0 heterocycles. The zero-order chi connectivity index (χ0) is 20.5. The van der Waals surface area contributed by atoms with E-state index >= 15 is 0 Å². The number of amides is 1. The molecule has 4 nitrogen and oxygen atoms in total. The average molecular weight is 426 g/mol. The summed E-state index contributed by atoms with van der Waals surface area (Å²) in [6.07, 6.45) is 0. The second-order valence-corrected chi connectivity index (χ2v) is 9.66. The van der Waals surface area contributed by atoms with Crippen molar-refractivity contribution in [1.82, 2.24) is 5.32 Å². The van der Waals surface area contributed by atoms with Gasteiger partial charge in [-0.3, -0.25) is 4.79 Å². The number of rotatable bonds is 9. The molecule has 1 N–H and O–H groups in total. The minimum atomic E-state index is -3.44. The third-order valence-corrected chi connectivity index (χ3v) is 7.03. The molecule has 29 heavy (non-hydrogen) atoms. The van der Waals surface area contributed by atoms with E-state index in [1.165, 1.54) is 5.56 Å². The molecule has 0 radical (unpaired) electrons. The third kappa shape index (κ3) is 6.48. The van der Waals surface area contributed by atoms with Gasteiger partial charge in [0.25, 0.3) is 5.91 Å². The molecule has 0 spiro atoms. The van der Waals surface area contributed by atoms with Crippen LogP contribution in [0, 0.1) is 0 Å². The molecule has 0 unspecified atom stereocenters. The van der Waals surface area contributed by atoms with Gasteiger partial charge in [-0.05, 0) is 35.4 Å². The molecule has 3 aromatic rings. The standard InChI is InChI=1S/C23H23NO3S2/c25-23(24-14-15-28-17-19-8-3-1-4-9-19)21-11-7-10-20(16-21)18-29(26,27)22-12-5-2-6-13-22/h1-13,16H,14-15,17-18H2,(H,24,25). The Morgan fingerprint density at radius 2 is 1.48 bits per heavy atom. The van der Waals surface area contributed by atoms with Crippen LogP contribution in [0.25, 0.3) is 0 Å². The van der Waals surface area contributed by atoms with E-state index in [1.54, 1.807) is 66.4 Å². The van der Waals surface area contributed by atoms with Crippen molar-refractivity contribution in [2.45, 2.75) is 16.4 Å². The molecule has 0 atom stereocenters. The lowest BCUT2D eigenvalue weighted by molar-refractivity contribution is 0.0956. The Labute approximate surface area is 176 Å². The normalized spacial score (nSPS) is 11.2. The molecule has 3 rings (SSSR count). The maximum atomic E-state index is 12.5. The van der Waals surface area contributed by atoms with Crippen molar-refractivity contribution >= 4 is 27.5 Å². The summed E-state index contributed by atoms with van der Waals surface area (Å²) in [6, 6.07) is 25.3. The molecule has 0 saturated heterocycles. The summed E-state index contributed by atoms with van der Waals surface area (Å²) in [6.45, 7) is 0.558. The number of hydrogen-bond acceptors (Lipinski definition) is 4. The number of carbonyl (C=O) groups is 1. The monoisotopic (exact) mass is 425 g/mol. The van der Waals surface area contributed by atoms with Gasteiger partial charge in [0.15, 0.2) is 9.84 Å². The molecule has 6 heteroatoms. The van der Waals surface area contributed by atoms with Crippen LogP contribution in [0.15, 0.2) is 89.8 Å². The first kappa shape index (κ1) is 21.1. The number of carbonyl (C=O) groups excluding carboxylic acids is 1. The Bertz CT molecular complexity index is 1040. The number of nitrogens with one attached hydrogen (secondary N) is 1. The van der Waals surface area contributed by atoms with Crippen LogP contribution in [0.3, 0.4) is 0 Å². The maximum Gasteiger partial charge on any atom is 0.251 e.